The standard InChI is InChI=1S/Ag.Al.2O/q+1;+3;2*-2. The van der Waals surface area contributed by atoms with Gasteiger partial charge >= 0.3 is 39.7 Å². The molecule has 0 aromatic carbocycles. The van der Waals surface area contributed by atoms with E-state index < -0.39 is 0 Å². The zero-order valence-corrected chi connectivity index (χ0v) is 4.33. The molecule has 0 aliphatic rings. The van der Waals surface area contributed by atoms with E-state index >= 15 is 0 Å². The topological polar surface area (TPSA) is 57.0 Å². The Morgan fingerprint density at radius 2 is 0.750 bits per heavy atom. The zero-order valence-electron chi connectivity index (χ0n) is 1.70. The summed E-state index contributed by atoms with van der Waals surface area (Å²) in [5.74, 6) is 0. The van der Waals surface area contributed by atoms with E-state index in [0.29, 0.717) is 0 Å². The van der Waals surface area contributed by atoms with Crippen molar-refractivity contribution in [2.45, 2.75) is 0 Å². The van der Waals surface area contributed by atoms with Crippen LogP contribution in [0.5, 0.6) is 0 Å². The van der Waals surface area contributed by atoms with Crippen molar-refractivity contribution in [2.75, 3.05) is 0 Å². The number of hydrogen-bond acceptors (Lipinski definition) is 0. The predicted octanol–water partition coefficient (Wildman–Crippen LogP) is -0.621. The molecule has 0 aliphatic carbocycles. The van der Waals surface area contributed by atoms with Gasteiger partial charge in [0.25, 0.3) is 0 Å². The van der Waals surface area contributed by atoms with Gasteiger partial charge in [-0.15, -0.1) is 0 Å². The fraction of sp³-hybridized carbons (Fsp3) is 0. The van der Waals surface area contributed by atoms with Gasteiger partial charge < -0.3 is 11.0 Å². The Morgan fingerprint density at radius 1 is 0.750 bits per heavy atom. The third-order valence-electron chi connectivity index (χ3n) is 0. The first kappa shape index (κ1) is 64.2. The van der Waals surface area contributed by atoms with Crippen molar-refractivity contribution >= 4 is 17.4 Å². The van der Waals surface area contributed by atoms with Crippen molar-refractivity contribution in [1.29, 1.82) is 0 Å². The Hall–Kier alpha value is 1.19. The maximum absolute atomic E-state index is 0. The van der Waals surface area contributed by atoms with Crippen LogP contribution < -0.4 is 0 Å². The average Bonchev–Trinajstić information content (AvgIpc) is 0. The van der Waals surface area contributed by atoms with Crippen molar-refractivity contribution in [2.24, 2.45) is 0 Å². The molecule has 0 atom stereocenters. The van der Waals surface area contributed by atoms with E-state index in [4.69, 9.17) is 0 Å². The minimum atomic E-state index is 0. The van der Waals surface area contributed by atoms with Crippen molar-refractivity contribution in [3.05, 3.63) is 0 Å². The predicted molar refractivity (Wildman–Crippen MR) is 7.13 cm³/mol. The molecule has 0 bridgehead atoms. The summed E-state index contributed by atoms with van der Waals surface area (Å²) in [6.07, 6.45) is 0. The van der Waals surface area contributed by atoms with E-state index in [1.165, 1.54) is 0 Å². The molecular weight excluding hydrogens is 167 g/mol. The van der Waals surface area contributed by atoms with Gasteiger partial charge in [-0.3, -0.25) is 0 Å². The number of rotatable bonds is 0. The summed E-state index contributed by atoms with van der Waals surface area (Å²) in [4.78, 5) is 0. The maximum atomic E-state index is 0. The molecule has 4 heteroatoms. The fourth-order valence-corrected chi connectivity index (χ4v) is 0. The molecule has 2 nitrogen and oxygen atoms in total. The van der Waals surface area contributed by atoms with Crippen LogP contribution in [0.3, 0.4) is 0 Å². The van der Waals surface area contributed by atoms with Crippen molar-refractivity contribution in [1.82, 2.24) is 0 Å². The summed E-state index contributed by atoms with van der Waals surface area (Å²) in [6, 6.07) is 0. The summed E-state index contributed by atoms with van der Waals surface area (Å²) in [7, 11) is 0. The largest absolute Gasteiger partial charge is 3.00 e. The van der Waals surface area contributed by atoms with Crippen molar-refractivity contribution in [3.63, 3.8) is 0 Å². The van der Waals surface area contributed by atoms with Gasteiger partial charge in [0.1, 0.15) is 0 Å². The SMILES string of the molecule is [Ag+].[Al+3].[O-2].[O-2]. The molecule has 0 aliphatic heterocycles. The van der Waals surface area contributed by atoms with Crippen molar-refractivity contribution in [3.8, 4) is 0 Å². The third kappa shape index (κ3) is 10.8. The zero-order chi connectivity index (χ0) is 0. The van der Waals surface area contributed by atoms with Crippen molar-refractivity contribution < 1.29 is 33.3 Å². The van der Waals surface area contributed by atoms with E-state index in [2.05, 4.69) is 0 Å². The van der Waals surface area contributed by atoms with Gasteiger partial charge in [-0.25, -0.2) is 0 Å². The molecule has 26 valence electrons. The van der Waals surface area contributed by atoms with Gasteiger partial charge in [-0.2, -0.15) is 0 Å². The van der Waals surface area contributed by atoms with Gasteiger partial charge in [0.15, 0.2) is 0 Å². The molecular formula is AgAlO2. The first-order valence-electron chi connectivity index (χ1n) is 0. The molecule has 0 saturated heterocycles. The van der Waals surface area contributed by atoms with E-state index in [1.807, 2.05) is 0 Å². The van der Waals surface area contributed by atoms with Gasteiger partial charge in [0.2, 0.25) is 0 Å². The molecule has 0 amide bonds. The monoisotopic (exact) mass is 166 g/mol. The molecule has 0 heterocycles. The van der Waals surface area contributed by atoms with Gasteiger partial charge in [-0.05, 0) is 0 Å². The van der Waals surface area contributed by atoms with Crippen LogP contribution in [0.15, 0.2) is 0 Å². The van der Waals surface area contributed by atoms with Gasteiger partial charge in [0, 0.05) is 0 Å². The summed E-state index contributed by atoms with van der Waals surface area (Å²) in [6.45, 7) is 0. The molecule has 0 N–H and O–H groups in total. The van der Waals surface area contributed by atoms with Crippen LogP contribution in [-0.4, -0.2) is 17.4 Å². The van der Waals surface area contributed by atoms with E-state index in [-0.39, 0.29) is 50.7 Å². The molecule has 0 aromatic heterocycles. The maximum Gasteiger partial charge on any atom is 3.00 e. The Balaban J connectivity index is 0. The Labute approximate surface area is 50.8 Å². The molecule has 0 unspecified atom stereocenters. The van der Waals surface area contributed by atoms with Crippen LogP contribution in [0.2, 0.25) is 0 Å². The average molecular weight is 167 g/mol. The molecule has 0 aromatic rings. The minimum absolute atomic E-state index is 0. The van der Waals surface area contributed by atoms with Crippen LogP contribution in [0.1, 0.15) is 0 Å². The molecule has 4 heavy (non-hydrogen) atoms. The molecule has 0 radical (unpaired) electrons. The molecule has 0 spiro atoms. The minimum Gasteiger partial charge on any atom is -2.00 e. The Kier molecular flexibility index (Phi) is 482. The van der Waals surface area contributed by atoms with Crippen LogP contribution in [-0.2, 0) is 33.3 Å². The van der Waals surface area contributed by atoms with Crippen LogP contribution >= 0.6 is 0 Å². The second-order valence-electron chi connectivity index (χ2n) is 0. The summed E-state index contributed by atoms with van der Waals surface area (Å²) in [5, 5.41) is 0. The first-order chi connectivity index (χ1) is 0. The Morgan fingerprint density at radius 3 is 0.750 bits per heavy atom. The summed E-state index contributed by atoms with van der Waals surface area (Å²) < 4.78 is 0. The van der Waals surface area contributed by atoms with E-state index in [1.54, 1.807) is 0 Å². The molecule has 0 fully saturated rings. The third-order valence-corrected chi connectivity index (χ3v) is 0. The first-order valence-corrected chi connectivity index (χ1v) is 0. The Bertz CT molecular complexity index is 6.00. The second-order valence-corrected chi connectivity index (χ2v) is 0. The molecule has 0 rings (SSSR count). The van der Waals surface area contributed by atoms with Gasteiger partial charge in [-0.1, -0.05) is 0 Å². The summed E-state index contributed by atoms with van der Waals surface area (Å²) >= 11 is 0. The number of hydrogen-bond donors (Lipinski definition) is 0. The van der Waals surface area contributed by atoms with E-state index in [9.17, 15) is 0 Å². The quantitative estimate of drug-likeness (QED) is 0.431. The molecule has 0 saturated carbocycles. The normalized spacial score (nSPS) is 0. The second kappa shape index (κ2) is 30.0. The smallest absolute Gasteiger partial charge is 2.00 e. The van der Waals surface area contributed by atoms with Gasteiger partial charge in [0.05, 0.1) is 0 Å². The van der Waals surface area contributed by atoms with Crippen LogP contribution in [0.25, 0.3) is 0 Å². The summed E-state index contributed by atoms with van der Waals surface area (Å²) in [5.41, 5.74) is 0. The van der Waals surface area contributed by atoms with Crippen LogP contribution in [0.4, 0.5) is 0 Å². The van der Waals surface area contributed by atoms with E-state index in [0.717, 1.165) is 0 Å². The fourth-order valence-electron chi connectivity index (χ4n) is 0. The van der Waals surface area contributed by atoms with Crippen LogP contribution in [0, 0.1) is 0 Å².